The standard InChI is InChI=1S/C18H37N.CN/c1-3-5-6-7-8-9-10-11-12-15-19-16-13-14-18(4-2)17-19;1-2/h18H,3-17H2,1-2H3;/q;-1/p+1. The van der Waals surface area contributed by atoms with Crippen LogP contribution in [0.3, 0.4) is 0 Å². The molecule has 124 valence electrons. The molecule has 1 N–H and O–H groups in total. The molecule has 2 nitrogen and oxygen atoms in total. The fourth-order valence-corrected chi connectivity index (χ4v) is 3.51. The Morgan fingerprint density at radius 3 is 2.05 bits per heavy atom. The van der Waals surface area contributed by atoms with Crippen molar-refractivity contribution in [3.8, 4) is 0 Å². The van der Waals surface area contributed by atoms with Gasteiger partial charge in [0, 0.05) is 5.92 Å². The minimum Gasteiger partial charge on any atom is -0.512 e. The highest BCUT2D eigenvalue weighted by atomic mass is 15.1. The van der Waals surface area contributed by atoms with Crippen LogP contribution in [0.1, 0.15) is 90.9 Å². The van der Waals surface area contributed by atoms with E-state index in [1.54, 1.807) is 0 Å². The van der Waals surface area contributed by atoms with Crippen molar-refractivity contribution >= 4 is 0 Å². The van der Waals surface area contributed by atoms with Crippen LogP contribution in [0.25, 0.3) is 0 Å². The topological polar surface area (TPSA) is 28.2 Å². The van der Waals surface area contributed by atoms with Crippen molar-refractivity contribution in [2.75, 3.05) is 19.6 Å². The summed E-state index contributed by atoms with van der Waals surface area (Å²) in [4.78, 5) is 1.90. The number of nitrogens with zero attached hydrogens (tertiary/aromatic N) is 1. The van der Waals surface area contributed by atoms with E-state index in [1.165, 1.54) is 96.7 Å². The average Bonchev–Trinajstić information content (AvgIpc) is 2.55. The number of likely N-dealkylation sites (tertiary alicyclic amines) is 1. The van der Waals surface area contributed by atoms with Gasteiger partial charge in [-0.2, -0.15) is 0 Å². The minimum absolute atomic E-state index is 1.03. The monoisotopic (exact) mass is 294 g/mol. The Labute approximate surface area is 133 Å². The van der Waals surface area contributed by atoms with E-state index in [-0.39, 0.29) is 0 Å². The third kappa shape index (κ3) is 11.8. The van der Waals surface area contributed by atoms with Gasteiger partial charge in [-0.1, -0.05) is 58.8 Å². The van der Waals surface area contributed by atoms with E-state index in [0.29, 0.717) is 0 Å². The van der Waals surface area contributed by atoms with Gasteiger partial charge in [0.2, 0.25) is 0 Å². The third-order valence-corrected chi connectivity index (χ3v) is 4.93. The van der Waals surface area contributed by atoms with Gasteiger partial charge in [0.1, 0.15) is 0 Å². The van der Waals surface area contributed by atoms with Gasteiger partial charge in [-0.25, -0.2) is 0 Å². The Balaban J connectivity index is 0.00000191. The van der Waals surface area contributed by atoms with Crippen LogP contribution in [-0.4, -0.2) is 19.6 Å². The fraction of sp³-hybridized carbons (Fsp3) is 0.947. The summed E-state index contributed by atoms with van der Waals surface area (Å²) < 4.78 is 0. The lowest BCUT2D eigenvalue weighted by Gasteiger charge is -2.29. The highest BCUT2D eigenvalue weighted by Crippen LogP contribution is 2.11. The summed E-state index contributed by atoms with van der Waals surface area (Å²) in [5.41, 5.74) is 0. The predicted molar refractivity (Wildman–Crippen MR) is 90.8 cm³/mol. The summed E-state index contributed by atoms with van der Waals surface area (Å²) in [7, 11) is 0. The number of nitrogens with one attached hydrogen (secondary N) is 1. The van der Waals surface area contributed by atoms with Crippen molar-refractivity contribution in [1.82, 2.24) is 0 Å². The first-order chi connectivity index (χ1) is 10.4. The van der Waals surface area contributed by atoms with Gasteiger partial charge in [0.25, 0.3) is 0 Å². The molecule has 1 aliphatic heterocycles. The molecule has 0 spiro atoms. The van der Waals surface area contributed by atoms with Gasteiger partial charge in [0.05, 0.1) is 19.6 Å². The van der Waals surface area contributed by atoms with E-state index in [9.17, 15) is 0 Å². The van der Waals surface area contributed by atoms with Crippen LogP contribution < -0.4 is 4.90 Å². The van der Waals surface area contributed by atoms with E-state index >= 15 is 0 Å². The molecule has 0 amide bonds. The largest absolute Gasteiger partial charge is 0.512 e. The molecule has 21 heavy (non-hydrogen) atoms. The normalized spacial score (nSPS) is 21.5. The lowest BCUT2D eigenvalue weighted by molar-refractivity contribution is -0.909. The molecule has 2 atom stereocenters. The molecule has 1 rings (SSSR count). The molecule has 0 aromatic carbocycles. The second-order valence-corrected chi connectivity index (χ2v) is 6.70. The van der Waals surface area contributed by atoms with Crippen molar-refractivity contribution < 1.29 is 4.90 Å². The Morgan fingerprint density at radius 2 is 1.48 bits per heavy atom. The third-order valence-electron chi connectivity index (χ3n) is 4.93. The molecule has 1 aliphatic rings. The molecule has 1 fully saturated rings. The molecular weight excluding hydrogens is 256 g/mol. The zero-order valence-electron chi connectivity index (χ0n) is 14.6. The maximum atomic E-state index is 6.25. The van der Waals surface area contributed by atoms with Gasteiger partial charge in [-0.05, 0) is 32.1 Å². The summed E-state index contributed by atoms with van der Waals surface area (Å²) in [5, 5.41) is 6.25. The first-order valence-electron chi connectivity index (χ1n) is 9.42. The fourth-order valence-electron chi connectivity index (χ4n) is 3.51. The Hall–Kier alpha value is -0.550. The predicted octanol–water partition coefficient (Wildman–Crippen LogP) is 4.32. The summed E-state index contributed by atoms with van der Waals surface area (Å²) in [6.45, 7) is 13.8. The van der Waals surface area contributed by atoms with Gasteiger partial charge in [-0.15, -0.1) is 0 Å². The summed E-state index contributed by atoms with van der Waals surface area (Å²) >= 11 is 0. The van der Waals surface area contributed by atoms with Crippen molar-refractivity contribution in [2.45, 2.75) is 90.9 Å². The molecule has 0 bridgehead atoms. The maximum absolute atomic E-state index is 6.25. The Morgan fingerprint density at radius 1 is 0.905 bits per heavy atom. The minimum atomic E-state index is 1.03. The lowest BCUT2D eigenvalue weighted by Crippen LogP contribution is -3.13. The summed E-state index contributed by atoms with van der Waals surface area (Å²) in [6, 6.07) is 0. The molecule has 0 aromatic heterocycles. The zero-order valence-corrected chi connectivity index (χ0v) is 14.6. The van der Waals surface area contributed by atoms with Crippen LogP contribution in [0.15, 0.2) is 0 Å². The Bertz CT molecular complexity index is 225. The summed E-state index contributed by atoms with van der Waals surface area (Å²) in [6.07, 6.45) is 17.5. The van der Waals surface area contributed by atoms with Crippen molar-refractivity contribution in [2.24, 2.45) is 5.92 Å². The van der Waals surface area contributed by atoms with Crippen LogP contribution in [0.5, 0.6) is 0 Å². The summed E-state index contributed by atoms with van der Waals surface area (Å²) in [5.74, 6) is 1.03. The molecule has 2 unspecified atom stereocenters. The number of hydrogen-bond donors (Lipinski definition) is 1. The molecule has 0 radical (unpaired) electrons. The first-order valence-corrected chi connectivity index (χ1v) is 9.42. The second-order valence-electron chi connectivity index (χ2n) is 6.70. The highest BCUT2D eigenvalue weighted by Gasteiger charge is 2.20. The number of quaternary nitrogens is 1. The van der Waals surface area contributed by atoms with E-state index < -0.39 is 0 Å². The molecule has 2 heteroatoms. The van der Waals surface area contributed by atoms with Crippen molar-refractivity contribution in [3.63, 3.8) is 0 Å². The quantitative estimate of drug-likeness (QED) is 0.446. The molecular formula is C19H38N2. The number of hydrogen-bond acceptors (Lipinski definition) is 1. The maximum Gasteiger partial charge on any atom is 0.0799 e. The van der Waals surface area contributed by atoms with E-state index in [4.69, 9.17) is 11.8 Å². The molecule has 1 saturated heterocycles. The average molecular weight is 295 g/mol. The number of rotatable bonds is 11. The van der Waals surface area contributed by atoms with Gasteiger partial charge >= 0.3 is 0 Å². The Kier molecular flexibility index (Phi) is 15.4. The SMILES string of the molecule is CCCCCCCCCCC[NH+]1CCCC(CC)C1.[C-]#N. The van der Waals surface area contributed by atoms with Crippen LogP contribution in [-0.2, 0) is 0 Å². The number of unbranched alkanes of at least 4 members (excludes halogenated alkanes) is 8. The lowest BCUT2D eigenvalue weighted by atomic mass is 9.95. The van der Waals surface area contributed by atoms with Crippen LogP contribution >= 0.6 is 0 Å². The van der Waals surface area contributed by atoms with Gasteiger partial charge in [0.15, 0.2) is 0 Å². The van der Waals surface area contributed by atoms with E-state index in [2.05, 4.69) is 13.8 Å². The van der Waals surface area contributed by atoms with E-state index in [1.807, 2.05) is 4.90 Å². The van der Waals surface area contributed by atoms with Crippen LogP contribution in [0, 0.1) is 17.8 Å². The highest BCUT2D eigenvalue weighted by molar-refractivity contribution is 4.59. The first kappa shape index (κ1) is 20.5. The van der Waals surface area contributed by atoms with Gasteiger partial charge in [-0.3, -0.25) is 0 Å². The molecule has 0 aliphatic carbocycles. The molecule has 0 aromatic rings. The van der Waals surface area contributed by atoms with Crippen LogP contribution in [0.4, 0.5) is 0 Å². The van der Waals surface area contributed by atoms with E-state index in [0.717, 1.165) is 5.92 Å². The van der Waals surface area contributed by atoms with Gasteiger partial charge < -0.3 is 16.7 Å². The number of piperidine rings is 1. The molecule has 1 heterocycles. The smallest absolute Gasteiger partial charge is 0.0799 e. The van der Waals surface area contributed by atoms with Crippen LogP contribution in [0.2, 0.25) is 0 Å². The zero-order chi connectivity index (χ0) is 15.8. The van der Waals surface area contributed by atoms with Crippen molar-refractivity contribution in [1.29, 1.82) is 5.26 Å². The molecule has 0 saturated carbocycles. The van der Waals surface area contributed by atoms with Crippen molar-refractivity contribution in [3.05, 3.63) is 6.57 Å². The second kappa shape index (κ2) is 15.8.